The fourth-order valence-corrected chi connectivity index (χ4v) is 3.78. The number of nitrogens with zero attached hydrogens (tertiary/aromatic N) is 1. The van der Waals surface area contributed by atoms with Gasteiger partial charge in [0.25, 0.3) is 17.7 Å². The van der Waals surface area contributed by atoms with Crippen LogP contribution in [0.25, 0.3) is 0 Å². The number of nitrogens with one attached hydrogen (secondary N) is 2. The number of methoxy groups -OCH3 is 1. The first kappa shape index (κ1) is 24.7. The Labute approximate surface area is 212 Å². The fraction of sp³-hybridized carbons (Fsp3) is 0.111. The van der Waals surface area contributed by atoms with Crippen LogP contribution in [-0.4, -0.2) is 30.8 Å². The van der Waals surface area contributed by atoms with E-state index in [0.717, 1.165) is 16.0 Å². The summed E-state index contributed by atoms with van der Waals surface area (Å²) in [5.41, 5.74) is 4.10. The van der Waals surface area contributed by atoms with E-state index in [4.69, 9.17) is 11.6 Å². The maximum atomic E-state index is 13.0. The lowest BCUT2D eigenvalue weighted by atomic mass is 10.1. The number of imide groups is 1. The van der Waals surface area contributed by atoms with Crippen molar-refractivity contribution in [1.82, 2.24) is 0 Å². The molecule has 36 heavy (non-hydrogen) atoms. The average Bonchev–Trinajstić information content (AvgIpc) is 3.09. The van der Waals surface area contributed by atoms with Gasteiger partial charge < -0.3 is 15.4 Å². The van der Waals surface area contributed by atoms with Crippen LogP contribution in [0.4, 0.5) is 17.1 Å². The Morgan fingerprint density at radius 2 is 1.42 bits per heavy atom. The Balaban J connectivity index is 1.45. The summed E-state index contributed by atoms with van der Waals surface area (Å²) in [7, 11) is 1.29. The van der Waals surface area contributed by atoms with Crippen molar-refractivity contribution in [2.45, 2.75) is 13.8 Å². The van der Waals surface area contributed by atoms with Crippen molar-refractivity contribution in [3.63, 3.8) is 0 Å². The molecule has 0 atom stereocenters. The quantitative estimate of drug-likeness (QED) is 0.370. The highest BCUT2D eigenvalue weighted by Gasteiger charge is 2.39. The van der Waals surface area contributed by atoms with Gasteiger partial charge in [-0.2, -0.15) is 0 Å². The van der Waals surface area contributed by atoms with E-state index in [1.165, 1.54) is 7.11 Å². The minimum Gasteiger partial charge on any atom is -0.465 e. The zero-order valence-corrected chi connectivity index (χ0v) is 20.5. The van der Waals surface area contributed by atoms with Crippen LogP contribution in [0.15, 0.2) is 77.5 Å². The second kappa shape index (κ2) is 10.1. The van der Waals surface area contributed by atoms with Gasteiger partial charge in [-0.25, -0.2) is 9.69 Å². The van der Waals surface area contributed by atoms with Gasteiger partial charge in [0.2, 0.25) is 0 Å². The lowest BCUT2D eigenvalue weighted by Crippen LogP contribution is -2.32. The van der Waals surface area contributed by atoms with Gasteiger partial charge in [0.15, 0.2) is 0 Å². The number of carbonyl (C=O) groups is 4. The van der Waals surface area contributed by atoms with E-state index < -0.39 is 17.8 Å². The number of benzene rings is 3. The Morgan fingerprint density at radius 3 is 2.03 bits per heavy atom. The van der Waals surface area contributed by atoms with Crippen LogP contribution in [-0.2, 0) is 14.3 Å². The van der Waals surface area contributed by atoms with Crippen molar-refractivity contribution in [2.24, 2.45) is 0 Å². The molecule has 1 aliphatic heterocycles. The molecule has 0 bridgehead atoms. The molecule has 182 valence electrons. The SMILES string of the molecule is COC(=O)c1ccc(NC(=O)c2ccc(NC3=C(Cl)C(=O)N(c4ccc(C)c(C)c4)C3=O)cc2)cc1. The monoisotopic (exact) mass is 503 g/mol. The summed E-state index contributed by atoms with van der Waals surface area (Å²) in [6, 6.07) is 17.9. The van der Waals surface area contributed by atoms with Crippen LogP contribution in [0.1, 0.15) is 31.8 Å². The van der Waals surface area contributed by atoms with Crippen LogP contribution in [0.2, 0.25) is 0 Å². The summed E-state index contributed by atoms with van der Waals surface area (Å²) >= 11 is 6.21. The molecular formula is C27H22ClN3O5. The van der Waals surface area contributed by atoms with Crippen molar-refractivity contribution in [3.05, 3.63) is 99.7 Å². The van der Waals surface area contributed by atoms with Crippen LogP contribution in [0, 0.1) is 13.8 Å². The third-order valence-corrected chi connectivity index (χ3v) is 6.11. The minimum atomic E-state index is -0.610. The number of halogens is 1. The number of ether oxygens (including phenoxy) is 1. The third kappa shape index (κ3) is 4.85. The number of hydrogen-bond donors (Lipinski definition) is 2. The van der Waals surface area contributed by atoms with Crippen molar-refractivity contribution in [2.75, 3.05) is 22.6 Å². The van der Waals surface area contributed by atoms with Gasteiger partial charge in [-0.3, -0.25) is 14.4 Å². The Kier molecular flexibility index (Phi) is 6.89. The number of carbonyl (C=O) groups excluding carboxylic acids is 4. The summed E-state index contributed by atoms with van der Waals surface area (Å²) in [5.74, 6) is -2.00. The standard InChI is InChI=1S/C27H22ClN3O5/c1-15-4-13-21(14-16(15)2)31-25(33)22(28)23(26(31)34)29-19-9-5-17(6-10-19)24(32)30-20-11-7-18(8-12-20)27(35)36-3/h4-14,29H,1-3H3,(H,30,32). The van der Waals surface area contributed by atoms with Crippen LogP contribution >= 0.6 is 11.6 Å². The number of esters is 1. The zero-order valence-electron chi connectivity index (χ0n) is 19.7. The van der Waals surface area contributed by atoms with Crippen molar-refractivity contribution < 1.29 is 23.9 Å². The third-order valence-electron chi connectivity index (χ3n) is 5.76. The Bertz CT molecular complexity index is 1410. The van der Waals surface area contributed by atoms with E-state index in [9.17, 15) is 19.2 Å². The number of anilines is 3. The molecule has 1 heterocycles. The van der Waals surface area contributed by atoms with Gasteiger partial charge >= 0.3 is 5.97 Å². The van der Waals surface area contributed by atoms with E-state index in [1.807, 2.05) is 19.9 Å². The largest absolute Gasteiger partial charge is 0.465 e. The van der Waals surface area contributed by atoms with Crippen molar-refractivity contribution in [1.29, 1.82) is 0 Å². The molecule has 3 amide bonds. The molecule has 0 aromatic heterocycles. The highest BCUT2D eigenvalue weighted by molar-refractivity contribution is 6.53. The van der Waals surface area contributed by atoms with E-state index >= 15 is 0 Å². The molecule has 0 aliphatic carbocycles. The molecule has 3 aromatic carbocycles. The first-order chi connectivity index (χ1) is 17.2. The van der Waals surface area contributed by atoms with Crippen LogP contribution in [0.5, 0.6) is 0 Å². The first-order valence-electron chi connectivity index (χ1n) is 10.9. The van der Waals surface area contributed by atoms with E-state index in [1.54, 1.807) is 60.7 Å². The van der Waals surface area contributed by atoms with Gasteiger partial charge in [-0.05, 0) is 85.6 Å². The Hall–Kier alpha value is -4.43. The Morgan fingerprint density at radius 1 is 0.806 bits per heavy atom. The molecule has 4 rings (SSSR count). The fourth-order valence-electron chi connectivity index (χ4n) is 3.57. The van der Waals surface area contributed by atoms with Gasteiger partial charge in [-0.15, -0.1) is 0 Å². The summed E-state index contributed by atoms with van der Waals surface area (Å²) in [6.07, 6.45) is 0. The predicted octanol–water partition coefficient (Wildman–Crippen LogP) is 4.78. The maximum absolute atomic E-state index is 13.0. The molecule has 8 nitrogen and oxygen atoms in total. The molecule has 2 N–H and O–H groups in total. The summed E-state index contributed by atoms with van der Waals surface area (Å²) < 4.78 is 4.66. The highest BCUT2D eigenvalue weighted by Crippen LogP contribution is 2.31. The van der Waals surface area contributed by atoms with E-state index in [-0.39, 0.29) is 16.6 Å². The zero-order chi connectivity index (χ0) is 26.0. The van der Waals surface area contributed by atoms with Crippen LogP contribution < -0.4 is 15.5 Å². The predicted molar refractivity (Wildman–Crippen MR) is 137 cm³/mol. The molecule has 0 spiro atoms. The molecule has 0 saturated heterocycles. The number of amides is 3. The van der Waals surface area contributed by atoms with Crippen molar-refractivity contribution >= 4 is 52.4 Å². The van der Waals surface area contributed by atoms with Gasteiger partial charge in [-0.1, -0.05) is 17.7 Å². The second-order valence-electron chi connectivity index (χ2n) is 8.13. The lowest BCUT2D eigenvalue weighted by Gasteiger charge is -2.16. The molecule has 0 unspecified atom stereocenters. The van der Waals surface area contributed by atoms with Crippen LogP contribution in [0.3, 0.4) is 0 Å². The van der Waals surface area contributed by atoms with Gasteiger partial charge in [0.05, 0.1) is 18.4 Å². The molecule has 0 saturated carbocycles. The van der Waals surface area contributed by atoms with Gasteiger partial charge in [0, 0.05) is 16.9 Å². The number of aryl methyl sites for hydroxylation is 2. The summed E-state index contributed by atoms with van der Waals surface area (Å²) in [4.78, 5) is 50.8. The highest BCUT2D eigenvalue weighted by atomic mass is 35.5. The van der Waals surface area contributed by atoms with E-state index in [0.29, 0.717) is 28.2 Å². The summed E-state index contributed by atoms with van der Waals surface area (Å²) in [5, 5.41) is 5.42. The molecule has 0 fully saturated rings. The molecule has 9 heteroatoms. The number of hydrogen-bond acceptors (Lipinski definition) is 6. The van der Waals surface area contributed by atoms with Crippen molar-refractivity contribution in [3.8, 4) is 0 Å². The second-order valence-corrected chi connectivity index (χ2v) is 8.51. The number of rotatable bonds is 6. The molecule has 3 aromatic rings. The molecule has 0 radical (unpaired) electrons. The first-order valence-corrected chi connectivity index (χ1v) is 11.3. The lowest BCUT2D eigenvalue weighted by molar-refractivity contribution is -0.120. The van der Waals surface area contributed by atoms with E-state index in [2.05, 4.69) is 15.4 Å². The summed E-state index contributed by atoms with van der Waals surface area (Å²) in [6.45, 7) is 3.84. The smallest absolute Gasteiger partial charge is 0.337 e. The average molecular weight is 504 g/mol. The normalized spacial score (nSPS) is 13.2. The molecule has 1 aliphatic rings. The molecular weight excluding hydrogens is 482 g/mol. The maximum Gasteiger partial charge on any atom is 0.337 e. The minimum absolute atomic E-state index is 0.0391. The topological polar surface area (TPSA) is 105 Å². The van der Waals surface area contributed by atoms with Gasteiger partial charge in [0.1, 0.15) is 10.7 Å².